The third-order valence-corrected chi connectivity index (χ3v) is 4.93. The molecule has 1 aliphatic heterocycles. The van der Waals surface area contributed by atoms with Crippen LogP contribution < -0.4 is 10.6 Å². The molecule has 110 valence electrons. The molecule has 2 nitrogen and oxygen atoms in total. The van der Waals surface area contributed by atoms with E-state index in [4.69, 9.17) is 5.73 Å². The van der Waals surface area contributed by atoms with Gasteiger partial charge in [-0.1, -0.05) is 46.8 Å². The van der Waals surface area contributed by atoms with Gasteiger partial charge in [0.1, 0.15) is 0 Å². The Morgan fingerprint density at radius 2 is 1.90 bits per heavy atom. The second-order valence-electron chi connectivity index (χ2n) is 8.32. The number of fused-ring (bicyclic) bond motifs is 1. The van der Waals surface area contributed by atoms with E-state index in [-0.39, 0.29) is 17.0 Å². The topological polar surface area (TPSA) is 29.3 Å². The van der Waals surface area contributed by atoms with Crippen LogP contribution in [0.15, 0.2) is 18.2 Å². The number of hydrogen-bond donors (Lipinski definition) is 1. The molecule has 0 saturated heterocycles. The fraction of sp³-hybridized carbons (Fsp3) is 0.667. The van der Waals surface area contributed by atoms with Crippen LogP contribution in [0, 0.1) is 5.92 Å². The molecule has 2 N–H and O–H groups in total. The SMILES string of the molecule is CC(C)(C)c1ccc2c(c1)N(C(N)C1CC1)CC2(C)C. The number of nitrogens with zero attached hydrogens (tertiary/aromatic N) is 1. The number of benzene rings is 1. The van der Waals surface area contributed by atoms with Crippen molar-refractivity contribution in [2.45, 2.75) is 64.5 Å². The van der Waals surface area contributed by atoms with Crippen molar-refractivity contribution in [2.24, 2.45) is 11.7 Å². The van der Waals surface area contributed by atoms with Crippen LogP contribution in [0.3, 0.4) is 0 Å². The summed E-state index contributed by atoms with van der Waals surface area (Å²) < 4.78 is 0. The first-order valence-electron chi connectivity index (χ1n) is 7.87. The van der Waals surface area contributed by atoms with E-state index in [1.165, 1.54) is 29.7 Å². The van der Waals surface area contributed by atoms with Crippen LogP contribution in [-0.4, -0.2) is 12.7 Å². The molecule has 0 bridgehead atoms. The van der Waals surface area contributed by atoms with E-state index in [2.05, 4.69) is 57.7 Å². The lowest BCUT2D eigenvalue weighted by Crippen LogP contribution is -2.45. The van der Waals surface area contributed by atoms with E-state index in [1.54, 1.807) is 0 Å². The lowest BCUT2D eigenvalue weighted by molar-refractivity contribution is 0.489. The molecule has 2 aliphatic rings. The third kappa shape index (κ3) is 2.24. The number of hydrogen-bond acceptors (Lipinski definition) is 2. The number of anilines is 1. The van der Waals surface area contributed by atoms with E-state index in [0.717, 1.165) is 6.54 Å². The van der Waals surface area contributed by atoms with E-state index in [0.29, 0.717) is 5.92 Å². The molecule has 1 fully saturated rings. The Balaban J connectivity index is 2.04. The van der Waals surface area contributed by atoms with Gasteiger partial charge in [-0.05, 0) is 41.4 Å². The predicted octanol–water partition coefficient (Wildman–Crippen LogP) is 3.78. The van der Waals surface area contributed by atoms with Crippen molar-refractivity contribution >= 4 is 5.69 Å². The average Bonchev–Trinajstić information content (AvgIpc) is 3.14. The first kappa shape index (κ1) is 13.9. The Hall–Kier alpha value is -1.02. The lowest BCUT2D eigenvalue weighted by atomic mass is 9.82. The van der Waals surface area contributed by atoms with E-state index in [1.807, 2.05) is 0 Å². The van der Waals surface area contributed by atoms with Crippen LogP contribution in [-0.2, 0) is 10.8 Å². The van der Waals surface area contributed by atoms with Gasteiger partial charge in [-0.3, -0.25) is 0 Å². The summed E-state index contributed by atoms with van der Waals surface area (Å²) in [7, 11) is 0. The van der Waals surface area contributed by atoms with Crippen molar-refractivity contribution < 1.29 is 0 Å². The Morgan fingerprint density at radius 1 is 1.25 bits per heavy atom. The molecule has 0 radical (unpaired) electrons. The minimum atomic E-state index is 0.192. The quantitative estimate of drug-likeness (QED) is 0.888. The maximum absolute atomic E-state index is 6.51. The third-order valence-electron chi connectivity index (χ3n) is 4.93. The molecule has 1 saturated carbocycles. The molecule has 0 amide bonds. The predicted molar refractivity (Wildman–Crippen MR) is 86.2 cm³/mol. The Kier molecular flexibility index (Phi) is 2.95. The minimum absolute atomic E-state index is 0.192. The van der Waals surface area contributed by atoms with Crippen LogP contribution in [0.5, 0.6) is 0 Å². The highest BCUT2D eigenvalue weighted by Gasteiger charge is 2.42. The van der Waals surface area contributed by atoms with Crippen molar-refractivity contribution in [3.8, 4) is 0 Å². The molecule has 1 aromatic rings. The van der Waals surface area contributed by atoms with Crippen molar-refractivity contribution in [3.63, 3.8) is 0 Å². The zero-order valence-electron chi connectivity index (χ0n) is 13.5. The monoisotopic (exact) mass is 272 g/mol. The Labute approximate surface area is 123 Å². The fourth-order valence-electron chi connectivity index (χ4n) is 3.36. The number of nitrogens with two attached hydrogens (primary N) is 1. The molecule has 1 aliphatic carbocycles. The maximum Gasteiger partial charge on any atom is 0.0799 e. The highest BCUT2D eigenvalue weighted by atomic mass is 15.3. The van der Waals surface area contributed by atoms with E-state index < -0.39 is 0 Å². The second kappa shape index (κ2) is 4.24. The summed E-state index contributed by atoms with van der Waals surface area (Å²) in [6.45, 7) is 12.6. The van der Waals surface area contributed by atoms with Crippen molar-refractivity contribution in [2.75, 3.05) is 11.4 Å². The first-order valence-corrected chi connectivity index (χ1v) is 7.87. The van der Waals surface area contributed by atoms with Gasteiger partial charge in [-0.15, -0.1) is 0 Å². The summed E-state index contributed by atoms with van der Waals surface area (Å²) in [6.07, 6.45) is 2.80. The summed E-state index contributed by atoms with van der Waals surface area (Å²) in [5.41, 5.74) is 11.1. The fourth-order valence-corrected chi connectivity index (χ4v) is 3.36. The first-order chi connectivity index (χ1) is 9.20. The molecule has 1 aromatic carbocycles. The molecule has 1 atom stereocenters. The normalized spacial score (nSPS) is 22.8. The zero-order valence-corrected chi connectivity index (χ0v) is 13.5. The Morgan fingerprint density at radius 3 is 2.45 bits per heavy atom. The largest absolute Gasteiger partial charge is 0.355 e. The number of rotatable bonds is 2. The molecule has 1 unspecified atom stereocenters. The van der Waals surface area contributed by atoms with Gasteiger partial charge in [-0.2, -0.15) is 0 Å². The summed E-state index contributed by atoms with van der Waals surface area (Å²) in [6, 6.07) is 7.01. The van der Waals surface area contributed by atoms with Gasteiger partial charge in [0.05, 0.1) is 6.17 Å². The lowest BCUT2D eigenvalue weighted by Gasteiger charge is -2.29. The van der Waals surface area contributed by atoms with E-state index in [9.17, 15) is 0 Å². The summed E-state index contributed by atoms with van der Waals surface area (Å²) in [4.78, 5) is 2.46. The maximum atomic E-state index is 6.51. The molecule has 2 heteroatoms. The van der Waals surface area contributed by atoms with Gasteiger partial charge < -0.3 is 10.6 Å². The van der Waals surface area contributed by atoms with Crippen molar-refractivity contribution in [1.82, 2.24) is 0 Å². The van der Waals surface area contributed by atoms with Crippen LogP contribution in [0.1, 0.15) is 58.6 Å². The van der Waals surface area contributed by atoms with E-state index >= 15 is 0 Å². The van der Waals surface area contributed by atoms with Gasteiger partial charge in [0, 0.05) is 17.6 Å². The standard InChI is InChI=1S/C18H28N2/c1-17(2,3)13-8-9-14-15(10-13)20(11-18(14,4)5)16(19)12-6-7-12/h8-10,12,16H,6-7,11,19H2,1-5H3. The summed E-state index contributed by atoms with van der Waals surface area (Å²) in [5, 5.41) is 0. The zero-order chi connectivity index (χ0) is 14.7. The molecular formula is C18H28N2. The molecule has 0 aromatic heterocycles. The smallest absolute Gasteiger partial charge is 0.0799 e. The van der Waals surface area contributed by atoms with Crippen LogP contribution in [0.25, 0.3) is 0 Å². The molecule has 3 rings (SSSR count). The minimum Gasteiger partial charge on any atom is -0.355 e. The summed E-state index contributed by atoms with van der Waals surface area (Å²) in [5.74, 6) is 0.704. The highest BCUT2D eigenvalue weighted by Crippen LogP contribution is 2.45. The molecule has 1 heterocycles. The highest BCUT2D eigenvalue weighted by molar-refractivity contribution is 5.64. The van der Waals surface area contributed by atoms with Gasteiger partial charge in [0.15, 0.2) is 0 Å². The van der Waals surface area contributed by atoms with Crippen molar-refractivity contribution in [3.05, 3.63) is 29.3 Å². The van der Waals surface area contributed by atoms with Gasteiger partial charge in [0.2, 0.25) is 0 Å². The van der Waals surface area contributed by atoms with Crippen LogP contribution in [0.4, 0.5) is 5.69 Å². The summed E-state index contributed by atoms with van der Waals surface area (Å²) >= 11 is 0. The van der Waals surface area contributed by atoms with Crippen LogP contribution in [0.2, 0.25) is 0 Å². The molecule has 20 heavy (non-hydrogen) atoms. The second-order valence-corrected chi connectivity index (χ2v) is 8.32. The van der Waals surface area contributed by atoms with Crippen molar-refractivity contribution in [1.29, 1.82) is 0 Å². The van der Waals surface area contributed by atoms with Gasteiger partial charge in [0.25, 0.3) is 0 Å². The average molecular weight is 272 g/mol. The van der Waals surface area contributed by atoms with Crippen LogP contribution >= 0.6 is 0 Å². The molecular weight excluding hydrogens is 244 g/mol. The Bertz CT molecular complexity index is 521. The van der Waals surface area contributed by atoms with Gasteiger partial charge in [-0.25, -0.2) is 0 Å². The molecule has 0 spiro atoms. The van der Waals surface area contributed by atoms with Gasteiger partial charge >= 0.3 is 0 Å².